The van der Waals surface area contributed by atoms with Gasteiger partial charge in [0.2, 0.25) is 5.95 Å². The molecule has 0 saturated heterocycles. The Labute approximate surface area is 120 Å². The lowest BCUT2D eigenvalue weighted by Crippen LogP contribution is -2.29. The van der Waals surface area contributed by atoms with Gasteiger partial charge in [0, 0.05) is 7.05 Å². The summed E-state index contributed by atoms with van der Waals surface area (Å²) in [5, 5.41) is 2.89. The highest BCUT2D eigenvalue weighted by Gasteiger charge is 2.28. The number of anilines is 1. The number of hydrogen-bond acceptors (Lipinski definition) is 6. The minimum Gasteiger partial charge on any atom is -0.464 e. The van der Waals surface area contributed by atoms with Crippen LogP contribution in [-0.4, -0.2) is 34.7 Å². The predicted octanol–water partition coefficient (Wildman–Crippen LogP) is 2.66. The van der Waals surface area contributed by atoms with Crippen molar-refractivity contribution in [1.29, 1.82) is 0 Å². The summed E-state index contributed by atoms with van der Waals surface area (Å²) in [6.45, 7) is 7.02. The third kappa shape index (κ3) is 3.95. The van der Waals surface area contributed by atoms with E-state index in [-0.39, 0.29) is 6.10 Å². The van der Waals surface area contributed by atoms with Gasteiger partial charge in [0.25, 0.3) is 0 Å². The zero-order chi connectivity index (χ0) is 14.6. The maximum atomic E-state index is 5.90. The molecule has 0 spiro atoms. The Morgan fingerprint density at radius 3 is 2.40 bits per heavy atom. The van der Waals surface area contributed by atoms with Crippen molar-refractivity contribution in [2.75, 3.05) is 19.0 Å². The van der Waals surface area contributed by atoms with Crippen LogP contribution in [0.2, 0.25) is 0 Å². The van der Waals surface area contributed by atoms with E-state index in [0.717, 1.165) is 12.8 Å². The number of ether oxygens (including phenoxy) is 2. The van der Waals surface area contributed by atoms with Crippen LogP contribution in [0.1, 0.15) is 46.5 Å². The number of rotatable bonds is 5. The van der Waals surface area contributed by atoms with Crippen LogP contribution in [0, 0.1) is 5.41 Å². The first kappa shape index (κ1) is 14.8. The first-order valence-corrected chi connectivity index (χ1v) is 7.25. The molecule has 2 rings (SSSR count). The molecule has 112 valence electrons. The SMILES string of the molecule is CCOc1nc(NC)nc(OC2CCC(C)(C)CC2)n1. The van der Waals surface area contributed by atoms with Gasteiger partial charge in [-0.15, -0.1) is 4.98 Å². The van der Waals surface area contributed by atoms with Crippen molar-refractivity contribution in [2.24, 2.45) is 5.41 Å². The molecule has 1 aromatic rings. The fourth-order valence-corrected chi connectivity index (χ4v) is 2.34. The van der Waals surface area contributed by atoms with Crippen molar-refractivity contribution in [2.45, 2.75) is 52.6 Å². The van der Waals surface area contributed by atoms with E-state index in [0.29, 0.717) is 30.0 Å². The molecule has 1 heterocycles. The second-order valence-corrected chi connectivity index (χ2v) is 5.89. The molecule has 0 unspecified atom stereocenters. The molecule has 1 fully saturated rings. The topological polar surface area (TPSA) is 69.2 Å². The van der Waals surface area contributed by atoms with Crippen molar-refractivity contribution in [1.82, 2.24) is 15.0 Å². The van der Waals surface area contributed by atoms with Gasteiger partial charge in [-0.1, -0.05) is 13.8 Å². The summed E-state index contributed by atoms with van der Waals surface area (Å²) < 4.78 is 11.2. The summed E-state index contributed by atoms with van der Waals surface area (Å²) in [7, 11) is 1.76. The van der Waals surface area contributed by atoms with Crippen molar-refractivity contribution in [3.8, 4) is 12.0 Å². The lowest BCUT2D eigenvalue weighted by molar-refractivity contribution is 0.0895. The Kier molecular flexibility index (Phi) is 4.62. The normalized spacial score (nSPS) is 18.6. The second-order valence-electron chi connectivity index (χ2n) is 5.89. The molecule has 1 saturated carbocycles. The summed E-state index contributed by atoms with van der Waals surface area (Å²) in [4.78, 5) is 12.5. The highest BCUT2D eigenvalue weighted by atomic mass is 16.5. The van der Waals surface area contributed by atoms with Gasteiger partial charge in [0.05, 0.1) is 6.61 Å². The van der Waals surface area contributed by atoms with Crippen LogP contribution in [0.25, 0.3) is 0 Å². The van der Waals surface area contributed by atoms with Crippen LogP contribution < -0.4 is 14.8 Å². The van der Waals surface area contributed by atoms with Gasteiger partial charge >= 0.3 is 12.0 Å². The Morgan fingerprint density at radius 1 is 1.15 bits per heavy atom. The Hall–Kier alpha value is -1.59. The zero-order valence-corrected chi connectivity index (χ0v) is 12.8. The van der Waals surface area contributed by atoms with Crippen LogP contribution in [0.3, 0.4) is 0 Å². The fraction of sp³-hybridized carbons (Fsp3) is 0.786. The standard InChI is InChI=1S/C14H24N4O2/c1-5-19-12-16-11(15-4)17-13(18-12)20-10-6-8-14(2,3)9-7-10/h10H,5-9H2,1-4H3,(H,15,16,17,18). The second kappa shape index (κ2) is 6.24. The number of hydrogen-bond donors (Lipinski definition) is 1. The van der Waals surface area contributed by atoms with Crippen molar-refractivity contribution >= 4 is 5.95 Å². The van der Waals surface area contributed by atoms with Crippen LogP contribution in [0.4, 0.5) is 5.95 Å². The van der Waals surface area contributed by atoms with Gasteiger partial charge in [0.15, 0.2) is 0 Å². The van der Waals surface area contributed by atoms with Crippen LogP contribution >= 0.6 is 0 Å². The lowest BCUT2D eigenvalue weighted by Gasteiger charge is -2.33. The minimum atomic E-state index is 0.185. The number of aromatic nitrogens is 3. The average molecular weight is 280 g/mol. The van der Waals surface area contributed by atoms with E-state index in [1.165, 1.54) is 12.8 Å². The fourth-order valence-electron chi connectivity index (χ4n) is 2.34. The predicted molar refractivity (Wildman–Crippen MR) is 77.2 cm³/mol. The van der Waals surface area contributed by atoms with Gasteiger partial charge in [-0.25, -0.2) is 0 Å². The van der Waals surface area contributed by atoms with Crippen LogP contribution in [0.5, 0.6) is 12.0 Å². The monoisotopic (exact) mass is 280 g/mol. The molecule has 0 amide bonds. The molecule has 0 radical (unpaired) electrons. The quantitative estimate of drug-likeness (QED) is 0.894. The van der Waals surface area contributed by atoms with E-state index in [1.54, 1.807) is 7.05 Å². The van der Waals surface area contributed by atoms with E-state index >= 15 is 0 Å². The van der Waals surface area contributed by atoms with Crippen LogP contribution in [0.15, 0.2) is 0 Å². The maximum Gasteiger partial charge on any atom is 0.324 e. The van der Waals surface area contributed by atoms with Gasteiger partial charge in [-0.3, -0.25) is 0 Å². The third-order valence-electron chi connectivity index (χ3n) is 3.65. The first-order valence-electron chi connectivity index (χ1n) is 7.25. The van der Waals surface area contributed by atoms with Crippen LogP contribution in [-0.2, 0) is 0 Å². The van der Waals surface area contributed by atoms with E-state index in [9.17, 15) is 0 Å². The first-order chi connectivity index (χ1) is 9.52. The largest absolute Gasteiger partial charge is 0.464 e. The molecule has 0 atom stereocenters. The van der Waals surface area contributed by atoms with Gasteiger partial charge in [0.1, 0.15) is 6.10 Å². The minimum absolute atomic E-state index is 0.185. The third-order valence-corrected chi connectivity index (χ3v) is 3.65. The number of nitrogens with one attached hydrogen (secondary N) is 1. The highest BCUT2D eigenvalue weighted by molar-refractivity contribution is 5.26. The highest BCUT2D eigenvalue weighted by Crippen LogP contribution is 2.36. The Bertz CT molecular complexity index is 441. The Morgan fingerprint density at radius 2 is 1.80 bits per heavy atom. The average Bonchev–Trinajstić information content (AvgIpc) is 2.41. The van der Waals surface area contributed by atoms with Gasteiger partial charge < -0.3 is 14.8 Å². The molecular weight excluding hydrogens is 256 g/mol. The summed E-state index contributed by atoms with van der Waals surface area (Å²) in [5.41, 5.74) is 0.422. The summed E-state index contributed by atoms with van der Waals surface area (Å²) in [5.74, 6) is 0.467. The molecular formula is C14H24N4O2. The lowest BCUT2D eigenvalue weighted by atomic mass is 9.76. The molecule has 1 aliphatic rings. The van der Waals surface area contributed by atoms with Gasteiger partial charge in [-0.2, -0.15) is 9.97 Å². The van der Waals surface area contributed by atoms with E-state index in [2.05, 4.69) is 34.1 Å². The molecule has 6 heteroatoms. The summed E-state index contributed by atoms with van der Waals surface area (Å²) in [6, 6.07) is 0.649. The molecule has 0 aliphatic heterocycles. The van der Waals surface area contributed by atoms with E-state index in [1.807, 2.05) is 6.92 Å². The molecule has 6 nitrogen and oxygen atoms in total. The maximum absolute atomic E-state index is 5.90. The van der Waals surface area contributed by atoms with E-state index in [4.69, 9.17) is 9.47 Å². The zero-order valence-electron chi connectivity index (χ0n) is 12.8. The molecule has 1 aliphatic carbocycles. The molecule has 1 aromatic heterocycles. The Balaban J connectivity index is 2.03. The van der Waals surface area contributed by atoms with Crippen molar-refractivity contribution in [3.63, 3.8) is 0 Å². The summed E-state index contributed by atoms with van der Waals surface area (Å²) in [6.07, 6.45) is 4.60. The number of nitrogens with zero attached hydrogens (tertiary/aromatic N) is 3. The molecule has 0 aromatic carbocycles. The van der Waals surface area contributed by atoms with Crippen molar-refractivity contribution < 1.29 is 9.47 Å². The molecule has 0 bridgehead atoms. The van der Waals surface area contributed by atoms with E-state index < -0.39 is 0 Å². The summed E-state index contributed by atoms with van der Waals surface area (Å²) >= 11 is 0. The van der Waals surface area contributed by atoms with Gasteiger partial charge in [-0.05, 0) is 38.0 Å². The smallest absolute Gasteiger partial charge is 0.324 e. The molecule has 1 N–H and O–H groups in total. The molecule has 20 heavy (non-hydrogen) atoms. The van der Waals surface area contributed by atoms with Crippen molar-refractivity contribution in [3.05, 3.63) is 0 Å².